The summed E-state index contributed by atoms with van der Waals surface area (Å²) >= 11 is 0. The average Bonchev–Trinajstić information content (AvgIpc) is 2.78. The molecule has 3 N–H and O–H groups in total. The van der Waals surface area contributed by atoms with E-state index in [1.165, 1.54) is 6.33 Å². The molecule has 0 aromatic carbocycles. The summed E-state index contributed by atoms with van der Waals surface area (Å²) in [5, 5.41) is 0. The summed E-state index contributed by atoms with van der Waals surface area (Å²) in [6, 6.07) is 0. The van der Waals surface area contributed by atoms with E-state index in [4.69, 9.17) is 5.73 Å². The number of nitrogen functional groups attached to an aromatic ring is 1. The van der Waals surface area contributed by atoms with Crippen molar-refractivity contribution in [2.75, 3.05) is 5.73 Å². The topological polar surface area (TPSA) is 106 Å². The van der Waals surface area contributed by atoms with Crippen molar-refractivity contribution < 1.29 is 0 Å². The number of nitrogens with two attached hydrogens (primary N) is 1. The van der Waals surface area contributed by atoms with E-state index in [-0.39, 0.29) is 5.95 Å². The molecule has 0 bridgehead atoms. The van der Waals surface area contributed by atoms with E-state index >= 15 is 0 Å². The van der Waals surface area contributed by atoms with Crippen LogP contribution in [0.25, 0.3) is 22.4 Å². The Balaban J connectivity index is 2.25. The molecule has 0 atom stereocenters. The van der Waals surface area contributed by atoms with E-state index in [1.807, 2.05) is 0 Å². The fourth-order valence-electron chi connectivity index (χ4n) is 1.44. The van der Waals surface area contributed by atoms with Crippen molar-refractivity contribution in [1.29, 1.82) is 0 Å². The van der Waals surface area contributed by atoms with Gasteiger partial charge in [-0.05, 0) is 0 Å². The maximum Gasteiger partial charge on any atom is 0.219 e. The Morgan fingerprint density at radius 2 is 1.81 bits per heavy atom. The van der Waals surface area contributed by atoms with Gasteiger partial charge in [-0.1, -0.05) is 0 Å². The quantitative estimate of drug-likeness (QED) is 0.605. The Hall–Kier alpha value is -2.57. The molecule has 3 aromatic heterocycles. The van der Waals surface area contributed by atoms with E-state index < -0.39 is 0 Å². The number of hydrogen-bond acceptors (Lipinski definition) is 6. The molecular formula is C9H7N7. The zero-order valence-electron chi connectivity index (χ0n) is 8.12. The Labute approximate surface area is 89.8 Å². The maximum atomic E-state index is 5.42. The average molecular weight is 213 g/mol. The van der Waals surface area contributed by atoms with E-state index in [0.717, 1.165) is 11.1 Å². The van der Waals surface area contributed by atoms with Crippen molar-refractivity contribution in [1.82, 2.24) is 29.9 Å². The molecule has 0 aliphatic carbocycles. The molecule has 0 unspecified atom stereocenters. The van der Waals surface area contributed by atoms with Gasteiger partial charge in [0.1, 0.15) is 17.5 Å². The van der Waals surface area contributed by atoms with Gasteiger partial charge in [0.2, 0.25) is 5.95 Å². The zero-order valence-corrected chi connectivity index (χ0v) is 8.12. The minimum absolute atomic E-state index is 0.235. The van der Waals surface area contributed by atoms with E-state index in [1.54, 1.807) is 18.7 Å². The van der Waals surface area contributed by atoms with Crippen molar-refractivity contribution in [3.63, 3.8) is 0 Å². The number of anilines is 1. The molecule has 0 amide bonds. The van der Waals surface area contributed by atoms with Crippen LogP contribution in [0.1, 0.15) is 0 Å². The molecule has 78 valence electrons. The molecule has 3 rings (SSSR count). The summed E-state index contributed by atoms with van der Waals surface area (Å²) in [5.41, 5.74) is 8.28. The van der Waals surface area contributed by atoms with Crippen LogP contribution < -0.4 is 5.73 Å². The maximum absolute atomic E-state index is 5.42. The lowest BCUT2D eigenvalue weighted by Gasteiger charge is -2.00. The van der Waals surface area contributed by atoms with Crippen LogP contribution in [0.15, 0.2) is 25.0 Å². The van der Waals surface area contributed by atoms with Crippen LogP contribution in [0.2, 0.25) is 0 Å². The number of aromatic amines is 1. The van der Waals surface area contributed by atoms with E-state index in [2.05, 4.69) is 29.9 Å². The van der Waals surface area contributed by atoms with E-state index in [0.29, 0.717) is 11.3 Å². The minimum atomic E-state index is 0.235. The Kier molecular flexibility index (Phi) is 1.76. The minimum Gasteiger partial charge on any atom is -0.368 e. The second kappa shape index (κ2) is 3.23. The smallest absolute Gasteiger partial charge is 0.219 e. The molecule has 0 saturated carbocycles. The van der Waals surface area contributed by atoms with Crippen LogP contribution in [-0.4, -0.2) is 29.9 Å². The first kappa shape index (κ1) is 8.72. The second-order valence-corrected chi connectivity index (χ2v) is 3.15. The number of nitrogens with one attached hydrogen (secondary N) is 1. The number of nitrogens with zero attached hydrogens (tertiary/aromatic N) is 5. The first-order valence-electron chi connectivity index (χ1n) is 4.56. The first-order valence-corrected chi connectivity index (χ1v) is 4.56. The largest absolute Gasteiger partial charge is 0.368 e. The van der Waals surface area contributed by atoms with Crippen LogP contribution in [0.3, 0.4) is 0 Å². The van der Waals surface area contributed by atoms with Crippen molar-refractivity contribution in [3.05, 3.63) is 25.0 Å². The predicted molar refractivity (Wildman–Crippen MR) is 57.1 cm³/mol. The molecule has 0 saturated heterocycles. The summed E-state index contributed by atoms with van der Waals surface area (Å²) in [4.78, 5) is 23.1. The van der Waals surface area contributed by atoms with Gasteiger partial charge >= 0.3 is 0 Å². The zero-order chi connectivity index (χ0) is 11.0. The number of rotatable bonds is 1. The van der Waals surface area contributed by atoms with Crippen LogP contribution >= 0.6 is 0 Å². The molecule has 7 nitrogen and oxygen atoms in total. The lowest BCUT2D eigenvalue weighted by Crippen LogP contribution is -1.95. The van der Waals surface area contributed by atoms with Crippen molar-refractivity contribution in [2.45, 2.75) is 0 Å². The highest BCUT2D eigenvalue weighted by atomic mass is 15.0. The molecule has 16 heavy (non-hydrogen) atoms. The lowest BCUT2D eigenvalue weighted by atomic mass is 10.2. The monoisotopic (exact) mass is 213 g/mol. The highest BCUT2D eigenvalue weighted by Gasteiger charge is 2.08. The normalized spacial score (nSPS) is 10.8. The molecule has 0 radical (unpaired) electrons. The molecule has 3 aromatic rings. The fraction of sp³-hybridized carbons (Fsp3) is 0. The highest BCUT2D eigenvalue weighted by molar-refractivity contribution is 5.86. The molecule has 0 aliphatic rings. The Morgan fingerprint density at radius 3 is 2.62 bits per heavy atom. The third-order valence-corrected chi connectivity index (χ3v) is 2.17. The SMILES string of the molecule is Nc1ncc(-c2ncnc3nc[nH]c23)cn1. The number of fused-ring (bicyclic) bond motifs is 1. The number of H-pyrrole nitrogens is 1. The summed E-state index contributed by atoms with van der Waals surface area (Å²) in [5.74, 6) is 0.235. The van der Waals surface area contributed by atoms with Crippen molar-refractivity contribution in [2.24, 2.45) is 0 Å². The van der Waals surface area contributed by atoms with Gasteiger partial charge in [0.25, 0.3) is 0 Å². The van der Waals surface area contributed by atoms with Crippen LogP contribution in [0.4, 0.5) is 5.95 Å². The van der Waals surface area contributed by atoms with Crippen molar-refractivity contribution >= 4 is 17.1 Å². The van der Waals surface area contributed by atoms with Crippen LogP contribution in [0, 0.1) is 0 Å². The first-order chi connectivity index (χ1) is 7.84. The van der Waals surface area contributed by atoms with Gasteiger partial charge in [0.05, 0.1) is 6.33 Å². The van der Waals surface area contributed by atoms with Gasteiger partial charge in [-0.3, -0.25) is 0 Å². The third kappa shape index (κ3) is 1.26. The molecular weight excluding hydrogens is 206 g/mol. The van der Waals surface area contributed by atoms with Gasteiger partial charge in [-0.15, -0.1) is 0 Å². The van der Waals surface area contributed by atoms with Crippen LogP contribution in [-0.2, 0) is 0 Å². The fourth-order valence-corrected chi connectivity index (χ4v) is 1.44. The summed E-state index contributed by atoms with van der Waals surface area (Å²) in [7, 11) is 0. The molecule has 7 heteroatoms. The second-order valence-electron chi connectivity index (χ2n) is 3.15. The summed E-state index contributed by atoms with van der Waals surface area (Å²) in [6.07, 6.45) is 6.26. The van der Waals surface area contributed by atoms with Crippen molar-refractivity contribution in [3.8, 4) is 11.3 Å². The van der Waals surface area contributed by atoms with Gasteiger partial charge in [0.15, 0.2) is 5.65 Å². The number of imidazole rings is 1. The standard InChI is InChI=1S/C9H7N7/c10-9-11-1-5(2-12-9)6-7-8(15-3-13-6)16-4-14-7/h1-4H,(H2,10,11,12)(H,13,14,15,16). The molecule has 0 fully saturated rings. The molecule has 0 aliphatic heterocycles. The van der Waals surface area contributed by atoms with Gasteiger partial charge in [-0.25, -0.2) is 24.9 Å². The predicted octanol–water partition coefficient (Wildman–Crippen LogP) is 0.392. The molecule has 0 spiro atoms. The third-order valence-electron chi connectivity index (χ3n) is 2.17. The van der Waals surface area contributed by atoms with Gasteiger partial charge < -0.3 is 10.7 Å². The van der Waals surface area contributed by atoms with Gasteiger partial charge in [-0.2, -0.15) is 0 Å². The summed E-state index contributed by atoms with van der Waals surface area (Å²) in [6.45, 7) is 0. The van der Waals surface area contributed by atoms with Gasteiger partial charge in [0, 0.05) is 18.0 Å². The number of aromatic nitrogens is 6. The summed E-state index contributed by atoms with van der Waals surface area (Å²) < 4.78 is 0. The van der Waals surface area contributed by atoms with E-state index in [9.17, 15) is 0 Å². The number of hydrogen-bond donors (Lipinski definition) is 2. The Bertz CT molecular complexity index is 628. The highest BCUT2D eigenvalue weighted by Crippen LogP contribution is 2.21. The molecule has 3 heterocycles. The Morgan fingerprint density at radius 1 is 1.00 bits per heavy atom. The lowest BCUT2D eigenvalue weighted by molar-refractivity contribution is 1.16. The van der Waals surface area contributed by atoms with Crippen LogP contribution in [0.5, 0.6) is 0 Å².